The summed E-state index contributed by atoms with van der Waals surface area (Å²) in [7, 11) is 0. The van der Waals surface area contributed by atoms with E-state index in [0.29, 0.717) is 291 Å². The van der Waals surface area contributed by atoms with Gasteiger partial charge in [-0.1, -0.05) is 0 Å². The molecule has 0 atom stereocenters. The van der Waals surface area contributed by atoms with Crippen LogP contribution in [0.15, 0.2) is 0 Å². The topological polar surface area (TPSA) is 302 Å². The van der Waals surface area contributed by atoms with Crippen molar-refractivity contribution in [2.45, 2.75) is 0 Å². The Balaban J connectivity index is -0.000000114. The molecule has 124 heavy (non-hydrogen) atoms. The molecule has 50 heteroatoms. The fourth-order valence-corrected chi connectivity index (χ4v) is 11.4. The Morgan fingerprint density at radius 3 is 0.282 bits per heavy atom. The molecule has 34 nitrogen and oxygen atoms in total. The van der Waals surface area contributed by atoms with Crippen LogP contribution >= 0.6 is 0 Å². The van der Waals surface area contributed by atoms with Crippen LogP contribution in [0, 0.1) is 0 Å². The summed E-state index contributed by atoms with van der Waals surface area (Å²) in [5.74, 6) is 0. The van der Waals surface area contributed by atoms with E-state index in [2.05, 4.69) is 29.4 Å². The first kappa shape index (κ1) is 162. The van der Waals surface area contributed by atoms with Gasteiger partial charge in [0, 0.05) is 131 Å². The van der Waals surface area contributed by atoms with Gasteiger partial charge < -0.3 is 272 Å². The van der Waals surface area contributed by atoms with Crippen molar-refractivity contribution < 1.29 is 242 Å². The van der Waals surface area contributed by atoms with E-state index in [9.17, 15) is 0 Å². The fourth-order valence-electron chi connectivity index (χ4n) is 11.4. The molecule has 0 unspecified atom stereocenters. The van der Waals surface area contributed by atoms with Crippen molar-refractivity contribution in [3.05, 3.63) is 0 Å². The first-order valence-corrected chi connectivity index (χ1v) is 41.0. The molecule has 0 spiro atoms. The van der Waals surface area contributed by atoms with Crippen molar-refractivity contribution >= 4 is 246 Å². The van der Waals surface area contributed by atoms with E-state index in [4.69, 9.17) is 125 Å². The van der Waals surface area contributed by atoms with Gasteiger partial charge in [0.2, 0.25) is 0 Å². The van der Waals surface area contributed by atoms with Gasteiger partial charge in [-0.15, -0.1) is 0 Å². The van der Waals surface area contributed by atoms with Gasteiger partial charge in [0.15, 0.2) is 0 Å². The second-order valence-corrected chi connectivity index (χ2v) is 26.3. The second kappa shape index (κ2) is 133. The van der Waals surface area contributed by atoms with E-state index >= 15 is 0 Å². The Labute approximate surface area is 1000 Å². The summed E-state index contributed by atoms with van der Waals surface area (Å²) in [6.45, 7) is 54.8. The number of quaternary nitrogens is 2. The first-order chi connectivity index (χ1) is 53.7. The van der Waals surface area contributed by atoms with Gasteiger partial charge in [-0.05, 0) is 0 Å². The van der Waals surface area contributed by atoms with Crippen LogP contribution in [0.1, 0.15) is 0 Å². The molecule has 0 aromatic rings. The van der Waals surface area contributed by atoms with Crippen molar-refractivity contribution in [3.8, 4) is 0 Å². The largest absolute Gasteiger partial charge is 3.00 e. The molecule has 8 bridgehead atoms. The van der Waals surface area contributed by atoms with Crippen LogP contribution in [-0.2, 0) is 114 Å². The number of nitrogens with one attached hydrogen (secondary N) is 2. The van der Waals surface area contributed by atoms with Crippen LogP contribution in [0.3, 0.4) is 0 Å². The van der Waals surface area contributed by atoms with Crippen LogP contribution in [-0.4, -0.2) is 762 Å². The van der Waals surface area contributed by atoms with Crippen molar-refractivity contribution in [3.63, 3.8) is 0 Å². The number of ether oxygens (including phenoxy) is 24. The molecule has 0 radical (unpaired) electrons. The molecule has 0 aromatic carbocycles. The molecular formula is C74H154N10Na4O24Se8Tl4+2. The maximum absolute atomic E-state index is 5.72. The van der Waals surface area contributed by atoms with Crippen LogP contribution in [0.4, 0.5) is 0 Å². The number of nitrogens with two attached hydrogens (primary N) is 2. The van der Waals surface area contributed by atoms with E-state index < -0.39 is 0 Å². The summed E-state index contributed by atoms with van der Waals surface area (Å²) in [6, 6.07) is 0. The summed E-state index contributed by atoms with van der Waals surface area (Å²) in [5, 5.41) is 0. The predicted octanol–water partition coefficient (Wildman–Crippen LogP) is -21.6. The zero-order valence-electron chi connectivity index (χ0n) is 76.5. The van der Waals surface area contributed by atoms with Crippen molar-refractivity contribution in [2.24, 2.45) is 11.5 Å². The predicted molar refractivity (Wildman–Crippen MR) is 477 cm³/mol. The molecule has 0 aliphatic carbocycles. The van der Waals surface area contributed by atoms with Crippen LogP contribution < -0.4 is 139 Å². The second-order valence-electron chi connectivity index (χ2n) is 26.3. The van der Waals surface area contributed by atoms with Gasteiger partial charge in [-0.25, -0.2) is 0 Å². The first-order valence-electron chi connectivity index (χ1n) is 41.0. The van der Waals surface area contributed by atoms with Gasteiger partial charge in [0.1, 0.15) is 39.3 Å². The monoisotopic (exact) mass is 3120 g/mol. The minimum atomic E-state index is 0. The Hall–Kier alpha value is 10.5. The molecule has 706 valence electrons. The number of rotatable bonds is 1. The quantitative estimate of drug-likeness (QED) is 0.177. The summed E-state index contributed by atoms with van der Waals surface area (Å²) in [6.07, 6.45) is 0. The van der Waals surface area contributed by atoms with Crippen molar-refractivity contribution in [1.82, 2.24) is 29.4 Å². The summed E-state index contributed by atoms with van der Waals surface area (Å²) in [4.78, 5) is 16.8. The average Bonchev–Trinajstić information content (AvgIpc) is 1.01. The third kappa shape index (κ3) is 111. The third-order valence-corrected chi connectivity index (χ3v) is 18.2. The molecule has 0 aromatic heterocycles. The van der Waals surface area contributed by atoms with Crippen LogP contribution in [0.5, 0.6) is 0 Å². The summed E-state index contributed by atoms with van der Waals surface area (Å²) >= 11 is 0. The molecule has 12 heterocycles. The normalized spacial score (nSPS) is 25.8. The molecule has 12 saturated heterocycles. The molecular weight excluding hydrogens is 2950 g/mol. The Kier molecular flexibility index (Phi) is 175. The minimum Gasteiger partial charge on any atom is -2.00 e. The minimum absolute atomic E-state index is 0. The molecule has 0 amide bonds. The average molecular weight is 3110 g/mol. The molecule has 12 aliphatic heterocycles. The molecule has 6 N–H and O–H groups in total. The van der Waals surface area contributed by atoms with E-state index in [1.807, 2.05) is 0 Å². The fraction of sp³-hybridized carbons (Fsp3) is 1.00. The maximum atomic E-state index is 5.72. The Bertz CT molecular complexity index is 1360. The number of fused-ring (bicyclic) bond motifs is 84. The SMILES string of the molecule is C1COCCN2CCOCCOCCN(CCO1)CCOCCOCC2.C1COCCN2CCOCCOCCN(CCO1)CCOCCOCC2.C1COCC[NH+]2CCOCCOCCN(CCO1)CCOCCOCC2.C1COCC[NH+]2CCOCCOCCN(CCO1)CCOCCOCC2.NCCN.[Na+].[Na+].[Na+].[Na+].[Se-2].[Se-2].[Se-2].[Se-2].[Se-2].[Se-2].[Se-2].[Se-2].[Tl+3].[Tl+3].[Tl+3].[Tl+3]. The zero-order chi connectivity index (χ0) is 75.9. The molecule has 12 rings (SSSR count). The van der Waals surface area contributed by atoms with Gasteiger partial charge >= 0.3 is 227 Å². The summed E-state index contributed by atoms with van der Waals surface area (Å²) < 4.78 is 137. The van der Waals surface area contributed by atoms with Gasteiger partial charge in [0.05, 0.1) is 317 Å². The van der Waals surface area contributed by atoms with E-state index in [-0.39, 0.29) is 364 Å². The van der Waals surface area contributed by atoms with E-state index in [1.165, 1.54) is 9.80 Å². The maximum Gasteiger partial charge on any atom is 3.00 e. The van der Waals surface area contributed by atoms with Crippen LogP contribution in [0.2, 0.25) is 0 Å². The van der Waals surface area contributed by atoms with Gasteiger partial charge in [-0.2, -0.15) is 0 Å². The Morgan fingerprint density at radius 2 is 0.210 bits per heavy atom. The molecule has 0 saturated carbocycles. The van der Waals surface area contributed by atoms with Crippen molar-refractivity contribution in [1.29, 1.82) is 0 Å². The summed E-state index contributed by atoms with van der Waals surface area (Å²) in [5.41, 5.74) is 9.81. The standard InChI is InChI=1S/4C18H36N2O6.C2H8N2.4Na.8Se.4Tl/c4*1-7-21-13-14-24-10-4-20-5-11-25-17-15-22-8-2-19(1)3-9-23-16-18-26-12-6-20;3-1-2-4;;;;;;;;;;;;;;;;/h4*1-18H2;1-4H2;;;;;;;;;;;;;;;;/q;;;;;4*+1;8*-2;4*+3/p+2. The van der Waals surface area contributed by atoms with Crippen LogP contribution in [0.25, 0.3) is 0 Å². The zero-order valence-corrected chi connectivity index (χ0v) is 116. The third-order valence-electron chi connectivity index (χ3n) is 18.2. The molecule has 12 fully saturated rings. The number of nitrogens with zero attached hydrogens (tertiary/aromatic N) is 6. The van der Waals surface area contributed by atoms with E-state index in [1.54, 1.807) is 0 Å². The molecule has 12 aliphatic rings. The van der Waals surface area contributed by atoms with Crippen molar-refractivity contribution in [2.75, 3.05) is 487 Å². The number of hydrogen-bond donors (Lipinski definition) is 4. The van der Waals surface area contributed by atoms with Gasteiger partial charge in [-0.3, -0.25) is 29.4 Å². The smallest absolute Gasteiger partial charge is 2.00 e. The Morgan fingerprint density at radius 1 is 0.137 bits per heavy atom. The number of hydrogen-bond acceptors (Lipinski definition) is 32. The van der Waals surface area contributed by atoms with Gasteiger partial charge in [0.25, 0.3) is 0 Å². The van der Waals surface area contributed by atoms with E-state index in [0.717, 1.165) is 197 Å².